The van der Waals surface area contributed by atoms with Crippen molar-refractivity contribution in [3.63, 3.8) is 0 Å². The summed E-state index contributed by atoms with van der Waals surface area (Å²) in [4.78, 5) is 60.0. The fourth-order valence-corrected chi connectivity index (χ4v) is 8.46. The Morgan fingerprint density at radius 2 is 0.708 bits per heavy atom. The highest BCUT2D eigenvalue weighted by atomic mass is 32.3. The Bertz CT molecular complexity index is 1540. The quantitative estimate of drug-likeness (QED) is 0.190. The molecular formula is C21H45N3O18S6. The Balaban J connectivity index is -0.000000111. The number of rotatable bonds is 9. The second-order valence-corrected chi connectivity index (χ2v) is 21.9. The zero-order chi connectivity index (χ0) is 40.7. The first-order chi connectivity index (χ1) is 20.5. The maximum absolute atomic E-state index is 10.3. The first-order valence-corrected chi connectivity index (χ1v) is 23.8. The third-order valence-corrected chi connectivity index (χ3v) is 9.81. The van der Waals surface area contributed by atoms with Gasteiger partial charge in [0.1, 0.15) is 23.1 Å². The summed E-state index contributed by atoms with van der Waals surface area (Å²) >= 11 is 0. The van der Waals surface area contributed by atoms with Crippen molar-refractivity contribution in [1.29, 1.82) is 0 Å². The molecule has 0 rings (SSSR count). The summed E-state index contributed by atoms with van der Waals surface area (Å²) in [6, 6.07) is 0. The molecule has 27 heteroatoms. The number of sulfone groups is 3. The van der Waals surface area contributed by atoms with Gasteiger partial charge in [-0.2, -0.15) is 0 Å². The molecule has 0 heterocycles. The molecule has 0 fully saturated rings. The first-order valence-electron chi connectivity index (χ1n) is 12.0. The van der Waals surface area contributed by atoms with Gasteiger partial charge >= 0.3 is 0 Å². The van der Waals surface area contributed by atoms with E-state index in [0.717, 1.165) is 44.5 Å². The van der Waals surface area contributed by atoms with Crippen molar-refractivity contribution in [2.24, 2.45) is 0 Å². The molecule has 0 saturated heterocycles. The largest absolute Gasteiger partial charge is 0.300 e. The lowest BCUT2D eigenvalue weighted by Crippen LogP contribution is -2.27. The van der Waals surface area contributed by atoms with Crippen LogP contribution in [0.2, 0.25) is 0 Å². The Morgan fingerprint density at radius 1 is 0.417 bits per heavy atom. The molecule has 0 atom stereocenters. The molecule has 48 heavy (non-hydrogen) atoms. The van der Waals surface area contributed by atoms with Gasteiger partial charge in [0.25, 0.3) is 0 Å². The van der Waals surface area contributed by atoms with Crippen LogP contribution in [0.4, 0.5) is 0 Å². The molecule has 0 spiro atoms. The summed E-state index contributed by atoms with van der Waals surface area (Å²) in [5.41, 5.74) is 0. The molecule has 0 aliphatic carbocycles. The molecule has 0 aromatic rings. The number of sulfonamides is 3. The fraction of sp³-hybridized carbons (Fsp3) is 0.714. The second-order valence-electron chi connectivity index (χ2n) is 9.62. The van der Waals surface area contributed by atoms with Crippen molar-refractivity contribution >= 4 is 94.7 Å². The third kappa shape index (κ3) is 104. The summed E-state index contributed by atoms with van der Waals surface area (Å²) in [5.74, 6) is -1.97. The average molecular weight is 820 g/mol. The van der Waals surface area contributed by atoms with E-state index in [2.05, 4.69) is 0 Å². The number of hydrogen-bond donors (Lipinski definition) is 3. The van der Waals surface area contributed by atoms with E-state index in [1.165, 1.54) is 38.7 Å². The Kier molecular flexibility index (Phi) is 30.3. The van der Waals surface area contributed by atoms with Gasteiger partial charge in [0.2, 0.25) is 47.8 Å². The van der Waals surface area contributed by atoms with E-state index >= 15 is 0 Å². The van der Waals surface area contributed by atoms with Crippen LogP contribution in [-0.4, -0.2) is 134 Å². The van der Waals surface area contributed by atoms with Crippen molar-refractivity contribution < 1.29 is 79.3 Å². The second kappa shape index (κ2) is 25.3. The predicted octanol–water partition coefficient (Wildman–Crippen LogP) is -3.55. The molecule has 0 bridgehead atoms. The van der Waals surface area contributed by atoms with Crippen LogP contribution in [0.15, 0.2) is 0 Å². The molecule has 3 amide bonds. The van der Waals surface area contributed by atoms with Crippen LogP contribution in [0.3, 0.4) is 0 Å². The van der Waals surface area contributed by atoms with E-state index in [1.807, 2.05) is 5.32 Å². The van der Waals surface area contributed by atoms with E-state index in [1.54, 1.807) is 4.72 Å². The summed E-state index contributed by atoms with van der Waals surface area (Å²) < 4.78 is 125. The van der Waals surface area contributed by atoms with Gasteiger partial charge < -0.3 is 0 Å². The molecule has 288 valence electrons. The van der Waals surface area contributed by atoms with Gasteiger partial charge in [-0.15, -0.1) is 4.13 Å². The maximum atomic E-state index is 10.3. The standard InChI is InChI=1S/C5H8O2.C4H7NO2.C4H8O3S.C3H7NO3S.C3H8O4S2.C2H7NO4S2/c1-4(6)3-5(2)7;1-3(6)5-4(2)7;1-4(5)3-8(2,6)7;1-3(5)4-8(2,6)7;2*1-8(4,5)3-9(2,6)7/h3H2,1-2H3;1-2H3,(H,5,6,7);3H2,1-2H3;1-2H3,(H,4,5);3H2,1-2H3;3H,1-2H3. The third-order valence-electron chi connectivity index (χ3n) is 2.38. The van der Waals surface area contributed by atoms with Crippen molar-refractivity contribution in [3.8, 4) is 0 Å². The number of carbonyl (C=O) groups is 6. The normalized spacial score (nSPS) is 11.1. The summed E-state index contributed by atoms with van der Waals surface area (Å²) in [7, 11) is -20.4. The molecule has 0 aromatic heterocycles. The first kappa shape index (κ1) is 57.5. The SMILES string of the molecule is CC(=O)CC(C)=O.CC(=O)CS(C)(=O)=O.CC(=O)NC(C)=O.CC(=O)NS(C)(=O)=O.CS(=O)(=O)CS(C)(=O)=O.CS(=O)(=O)NS(C)(=O)=O. The average Bonchev–Trinajstić information content (AvgIpc) is 2.57. The van der Waals surface area contributed by atoms with Crippen LogP contribution in [0.25, 0.3) is 0 Å². The molecule has 21 nitrogen and oxygen atoms in total. The Morgan fingerprint density at radius 3 is 0.708 bits per heavy atom. The van der Waals surface area contributed by atoms with Gasteiger partial charge in [0.05, 0.1) is 25.2 Å². The van der Waals surface area contributed by atoms with Crippen LogP contribution < -0.4 is 14.2 Å². The minimum atomic E-state index is -3.62. The zero-order valence-corrected chi connectivity index (χ0v) is 33.3. The molecular weight excluding hydrogens is 775 g/mol. The van der Waals surface area contributed by atoms with Gasteiger partial charge in [-0.05, 0) is 20.8 Å². The lowest BCUT2D eigenvalue weighted by molar-refractivity contribution is -0.128. The molecule has 0 aliphatic heterocycles. The van der Waals surface area contributed by atoms with E-state index < -0.39 is 70.6 Å². The summed E-state index contributed by atoms with van der Waals surface area (Å²) in [6.45, 7) is 7.79. The van der Waals surface area contributed by atoms with Crippen molar-refractivity contribution in [1.82, 2.24) is 14.2 Å². The smallest absolute Gasteiger partial charge is 0.231 e. The zero-order valence-electron chi connectivity index (χ0n) is 28.4. The van der Waals surface area contributed by atoms with Gasteiger partial charge in [0.15, 0.2) is 34.6 Å². The highest BCUT2D eigenvalue weighted by Crippen LogP contribution is 1.89. The van der Waals surface area contributed by atoms with Gasteiger partial charge in [-0.25, -0.2) is 50.5 Å². The van der Waals surface area contributed by atoms with Crippen LogP contribution in [0.5, 0.6) is 0 Å². The Hall–Kier alpha value is -2.72. The number of Topliss-reactive ketones (excluding diaryl/α,β-unsaturated/α-hetero) is 3. The number of nitrogens with one attached hydrogen (secondary N) is 3. The van der Waals surface area contributed by atoms with Gasteiger partial charge in [-0.1, -0.05) is 0 Å². The van der Waals surface area contributed by atoms with Crippen LogP contribution in [0.1, 0.15) is 48.0 Å². The van der Waals surface area contributed by atoms with Gasteiger partial charge in [-0.3, -0.25) is 38.8 Å². The number of hydrogen-bond acceptors (Lipinski definition) is 18. The van der Waals surface area contributed by atoms with E-state index in [9.17, 15) is 79.3 Å². The topological polar surface area (TPSA) is 343 Å². The number of ketones is 3. The van der Waals surface area contributed by atoms with Crippen LogP contribution in [0, 0.1) is 0 Å². The highest BCUT2D eigenvalue weighted by molar-refractivity contribution is 8.07. The van der Waals surface area contributed by atoms with Crippen molar-refractivity contribution in [2.75, 3.05) is 48.4 Å². The molecule has 0 aromatic carbocycles. The maximum Gasteiger partial charge on any atom is 0.231 e. The molecule has 0 saturated carbocycles. The number of imide groups is 1. The predicted molar refractivity (Wildman–Crippen MR) is 177 cm³/mol. The van der Waals surface area contributed by atoms with Crippen molar-refractivity contribution in [3.05, 3.63) is 0 Å². The fourth-order valence-electron chi connectivity index (χ4n) is 1.89. The summed E-state index contributed by atoms with van der Waals surface area (Å²) in [6.07, 6.45) is 5.35. The monoisotopic (exact) mass is 819 g/mol. The minimum absolute atomic E-state index is 0.0625. The number of amides is 3. The van der Waals surface area contributed by atoms with E-state index in [4.69, 9.17) is 0 Å². The summed E-state index contributed by atoms with van der Waals surface area (Å²) in [5, 5.41) is 1.26. The van der Waals surface area contributed by atoms with Crippen LogP contribution >= 0.6 is 0 Å². The van der Waals surface area contributed by atoms with E-state index in [-0.39, 0.29) is 41.3 Å². The minimum Gasteiger partial charge on any atom is -0.300 e. The molecule has 0 unspecified atom stereocenters. The lowest BCUT2D eigenvalue weighted by Gasteiger charge is -1.94. The van der Waals surface area contributed by atoms with Gasteiger partial charge in [0, 0.05) is 39.5 Å². The number of carbonyl (C=O) groups excluding carboxylic acids is 6. The lowest BCUT2D eigenvalue weighted by atomic mass is 10.2. The molecule has 3 N–H and O–H groups in total. The van der Waals surface area contributed by atoms with Crippen LogP contribution in [-0.2, 0) is 88.3 Å². The Labute approximate surface area is 283 Å². The molecule has 0 aliphatic rings. The van der Waals surface area contributed by atoms with E-state index in [0.29, 0.717) is 0 Å². The highest BCUT2D eigenvalue weighted by Gasteiger charge is 2.11. The van der Waals surface area contributed by atoms with Crippen molar-refractivity contribution in [2.45, 2.75) is 48.0 Å². The molecule has 0 radical (unpaired) electrons.